The molecule has 0 aliphatic heterocycles. The molecule has 0 amide bonds. The van der Waals surface area contributed by atoms with Gasteiger partial charge in [0.25, 0.3) is 0 Å². The molecule has 4 nitrogen and oxygen atoms in total. The van der Waals surface area contributed by atoms with Crippen LogP contribution >= 0.6 is 0 Å². The zero-order valence-corrected chi connectivity index (χ0v) is 7.66. The third-order valence-electron chi connectivity index (χ3n) is 1.55. The second-order valence-corrected chi connectivity index (χ2v) is 3.20. The molecule has 0 aliphatic carbocycles. The molecule has 0 aromatic rings. The van der Waals surface area contributed by atoms with Gasteiger partial charge in [-0.25, -0.2) is 0 Å². The average molecular weight is 175 g/mol. The monoisotopic (exact) mass is 175 g/mol. The molecule has 0 radical (unpaired) electrons. The molecule has 72 valence electrons. The van der Waals surface area contributed by atoms with E-state index in [1.165, 1.54) is 0 Å². The Kier molecular flexibility index (Phi) is 5.66. The number of carboxylic acids is 1. The van der Waals surface area contributed by atoms with Crippen molar-refractivity contribution < 1.29 is 15.0 Å². The van der Waals surface area contributed by atoms with E-state index in [1.54, 1.807) is 0 Å². The van der Waals surface area contributed by atoms with E-state index in [9.17, 15) is 4.79 Å². The van der Waals surface area contributed by atoms with Crippen molar-refractivity contribution in [2.24, 2.45) is 0 Å². The second kappa shape index (κ2) is 5.97. The lowest BCUT2D eigenvalue weighted by Gasteiger charge is -2.11. The minimum absolute atomic E-state index is 0.145. The fraction of sp³-hybridized carbons (Fsp3) is 0.875. The minimum Gasteiger partial charge on any atom is -0.481 e. The van der Waals surface area contributed by atoms with Crippen molar-refractivity contribution in [3.63, 3.8) is 0 Å². The van der Waals surface area contributed by atoms with Gasteiger partial charge in [-0.05, 0) is 33.5 Å². The molecule has 0 bridgehead atoms. The Morgan fingerprint density at radius 1 is 1.50 bits per heavy atom. The number of carboxylic acid groups (broad SMARTS) is 1. The quantitative estimate of drug-likeness (QED) is 0.604. The van der Waals surface area contributed by atoms with Crippen LogP contribution < -0.4 is 0 Å². The first-order valence-electron chi connectivity index (χ1n) is 4.07. The Morgan fingerprint density at radius 2 is 2.08 bits per heavy atom. The van der Waals surface area contributed by atoms with Gasteiger partial charge in [0.15, 0.2) is 0 Å². The lowest BCUT2D eigenvalue weighted by molar-refractivity contribution is -0.139. The maximum Gasteiger partial charge on any atom is 0.305 e. The summed E-state index contributed by atoms with van der Waals surface area (Å²) >= 11 is 0. The second-order valence-electron chi connectivity index (χ2n) is 3.20. The molecule has 0 aromatic heterocycles. The topological polar surface area (TPSA) is 60.8 Å². The van der Waals surface area contributed by atoms with E-state index in [-0.39, 0.29) is 6.42 Å². The van der Waals surface area contributed by atoms with Gasteiger partial charge in [-0.15, -0.1) is 0 Å². The molecule has 0 spiro atoms. The first-order chi connectivity index (χ1) is 5.52. The van der Waals surface area contributed by atoms with Gasteiger partial charge >= 0.3 is 5.97 Å². The van der Waals surface area contributed by atoms with Crippen LogP contribution in [0.2, 0.25) is 0 Å². The van der Waals surface area contributed by atoms with E-state index in [0.29, 0.717) is 6.42 Å². The Bertz CT molecular complexity index is 136. The molecule has 0 fully saturated rings. The highest BCUT2D eigenvalue weighted by Gasteiger charge is 2.08. The summed E-state index contributed by atoms with van der Waals surface area (Å²) in [6.07, 6.45) is 0.557. The fourth-order valence-corrected chi connectivity index (χ4v) is 0.947. The number of aliphatic hydroxyl groups is 1. The summed E-state index contributed by atoms with van der Waals surface area (Å²) in [7, 11) is 3.90. The fourth-order valence-electron chi connectivity index (χ4n) is 0.947. The van der Waals surface area contributed by atoms with Gasteiger partial charge in [-0.3, -0.25) is 4.79 Å². The van der Waals surface area contributed by atoms with Crippen LogP contribution in [0, 0.1) is 0 Å². The van der Waals surface area contributed by atoms with E-state index in [1.807, 2.05) is 19.0 Å². The molecule has 0 aliphatic rings. The third kappa shape index (κ3) is 7.50. The van der Waals surface area contributed by atoms with Crippen LogP contribution in [0.25, 0.3) is 0 Å². The summed E-state index contributed by atoms with van der Waals surface area (Å²) in [5.74, 6) is -0.938. The van der Waals surface area contributed by atoms with Gasteiger partial charge in [0.05, 0.1) is 12.5 Å². The molecular weight excluding hydrogens is 158 g/mol. The molecule has 0 saturated carbocycles. The van der Waals surface area contributed by atoms with Gasteiger partial charge in [-0.2, -0.15) is 0 Å². The van der Waals surface area contributed by atoms with Crippen molar-refractivity contribution >= 4 is 5.97 Å². The normalized spacial score (nSPS) is 13.3. The van der Waals surface area contributed by atoms with Gasteiger partial charge in [0.2, 0.25) is 0 Å². The average Bonchev–Trinajstić information content (AvgIpc) is 1.84. The van der Waals surface area contributed by atoms with Crippen LogP contribution in [0.1, 0.15) is 19.3 Å². The van der Waals surface area contributed by atoms with Crippen molar-refractivity contribution in [3.8, 4) is 0 Å². The van der Waals surface area contributed by atoms with E-state index >= 15 is 0 Å². The predicted molar refractivity (Wildman–Crippen MR) is 46.0 cm³/mol. The molecular formula is C8H17NO3. The van der Waals surface area contributed by atoms with Crippen LogP contribution in [-0.2, 0) is 4.79 Å². The Hall–Kier alpha value is -0.610. The number of aliphatic carboxylic acids is 1. The summed E-state index contributed by atoms with van der Waals surface area (Å²) in [5.41, 5.74) is 0. The van der Waals surface area contributed by atoms with Gasteiger partial charge in [0, 0.05) is 0 Å². The molecule has 0 rings (SSSR count). The van der Waals surface area contributed by atoms with Crippen molar-refractivity contribution in [3.05, 3.63) is 0 Å². The number of rotatable bonds is 6. The van der Waals surface area contributed by atoms with Crippen LogP contribution in [-0.4, -0.2) is 47.8 Å². The standard InChI is InChI=1S/C8H17NO3/c1-9(2)5-3-4-7(10)6-8(11)12/h7,10H,3-6H2,1-2H3,(H,11,12). The highest BCUT2D eigenvalue weighted by molar-refractivity contribution is 5.67. The smallest absolute Gasteiger partial charge is 0.305 e. The summed E-state index contributed by atoms with van der Waals surface area (Å²) < 4.78 is 0. The van der Waals surface area contributed by atoms with Crippen molar-refractivity contribution in [1.29, 1.82) is 0 Å². The van der Waals surface area contributed by atoms with E-state index in [2.05, 4.69) is 0 Å². The van der Waals surface area contributed by atoms with E-state index < -0.39 is 12.1 Å². The summed E-state index contributed by atoms with van der Waals surface area (Å²) in [6, 6.07) is 0. The van der Waals surface area contributed by atoms with Crippen LogP contribution in [0.5, 0.6) is 0 Å². The molecule has 1 atom stereocenters. The minimum atomic E-state index is -0.938. The van der Waals surface area contributed by atoms with Crippen molar-refractivity contribution in [2.75, 3.05) is 20.6 Å². The van der Waals surface area contributed by atoms with Crippen LogP contribution in [0.15, 0.2) is 0 Å². The first kappa shape index (κ1) is 11.4. The molecule has 0 saturated heterocycles. The van der Waals surface area contributed by atoms with Gasteiger partial charge < -0.3 is 15.1 Å². The Balaban J connectivity index is 3.31. The molecule has 1 unspecified atom stereocenters. The zero-order chi connectivity index (χ0) is 9.56. The molecule has 0 heterocycles. The Morgan fingerprint density at radius 3 is 2.50 bits per heavy atom. The number of carbonyl (C=O) groups is 1. The Labute approximate surface area is 72.8 Å². The number of hydrogen-bond acceptors (Lipinski definition) is 3. The maximum absolute atomic E-state index is 10.1. The molecule has 0 aromatic carbocycles. The summed E-state index contributed by atoms with van der Waals surface area (Å²) in [6.45, 7) is 0.886. The van der Waals surface area contributed by atoms with E-state index in [4.69, 9.17) is 10.2 Å². The lowest BCUT2D eigenvalue weighted by atomic mass is 10.1. The zero-order valence-electron chi connectivity index (χ0n) is 7.66. The predicted octanol–water partition coefficient (Wildman–Crippen LogP) is 0.164. The summed E-state index contributed by atoms with van der Waals surface area (Å²) in [4.78, 5) is 12.1. The first-order valence-corrected chi connectivity index (χ1v) is 4.07. The molecule has 12 heavy (non-hydrogen) atoms. The third-order valence-corrected chi connectivity index (χ3v) is 1.55. The number of hydrogen-bond donors (Lipinski definition) is 2. The largest absolute Gasteiger partial charge is 0.481 e. The highest BCUT2D eigenvalue weighted by Crippen LogP contribution is 2.01. The maximum atomic E-state index is 10.1. The SMILES string of the molecule is CN(C)CCCC(O)CC(=O)O. The summed E-state index contributed by atoms with van der Waals surface area (Å²) in [5, 5.41) is 17.5. The molecule has 2 N–H and O–H groups in total. The van der Waals surface area contributed by atoms with Gasteiger partial charge in [-0.1, -0.05) is 0 Å². The number of aliphatic hydroxyl groups excluding tert-OH is 1. The van der Waals surface area contributed by atoms with Crippen molar-refractivity contribution in [1.82, 2.24) is 4.90 Å². The highest BCUT2D eigenvalue weighted by atomic mass is 16.4. The van der Waals surface area contributed by atoms with Crippen LogP contribution in [0.3, 0.4) is 0 Å². The number of nitrogens with zero attached hydrogens (tertiary/aromatic N) is 1. The van der Waals surface area contributed by atoms with Gasteiger partial charge in [0.1, 0.15) is 0 Å². The molecule has 4 heteroatoms. The van der Waals surface area contributed by atoms with Crippen LogP contribution in [0.4, 0.5) is 0 Å². The lowest BCUT2D eigenvalue weighted by Crippen LogP contribution is -2.17. The van der Waals surface area contributed by atoms with E-state index in [0.717, 1.165) is 13.0 Å². The van der Waals surface area contributed by atoms with Crippen molar-refractivity contribution in [2.45, 2.75) is 25.4 Å².